The second-order valence-corrected chi connectivity index (χ2v) is 2.88. The van der Waals surface area contributed by atoms with Gasteiger partial charge in [-0.05, 0) is 0 Å². The van der Waals surface area contributed by atoms with Crippen LogP contribution in [0, 0.1) is 0 Å². The minimum atomic E-state index is -0.249. The lowest BCUT2D eigenvalue weighted by molar-refractivity contribution is -0.129. The standard InChI is InChI=1S/C4H8ClNO2.C4H7NO2/c5-3-4(8)6-1-2-7;6-4-3-7-2-1-5-4/h7H,1-3H2,(H,6,8);1-3H2,(H,5,6). The number of aliphatic hydroxyl groups is 1. The van der Waals surface area contributed by atoms with Crippen molar-refractivity contribution in [1.82, 2.24) is 10.6 Å². The number of rotatable bonds is 3. The molecule has 2 amide bonds. The molecule has 3 N–H and O–H groups in total. The van der Waals surface area contributed by atoms with Gasteiger partial charge in [-0.25, -0.2) is 0 Å². The normalized spacial score (nSPS) is 14.7. The van der Waals surface area contributed by atoms with Crippen LogP contribution in [-0.4, -0.2) is 55.7 Å². The molecule has 0 aromatic heterocycles. The highest BCUT2D eigenvalue weighted by atomic mass is 35.5. The molecule has 1 aliphatic rings. The zero-order valence-electron chi connectivity index (χ0n) is 8.29. The molecule has 88 valence electrons. The Morgan fingerprint density at radius 1 is 1.67 bits per heavy atom. The molecule has 7 heteroatoms. The van der Waals surface area contributed by atoms with E-state index in [1.165, 1.54) is 0 Å². The average molecular weight is 239 g/mol. The van der Waals surface area contributed by atoms with Crippen LogP contribution >= 0.6 is 11.6 Å². The van der Waals surface area contributed by atoms with Crippen molar-refractivity contribution in [3.8, 4) is 0 Å². The van der Waals surface area contributed by atoms with Crippen LogP contribution in [0.3, 0.4) is 0 Å². The van der Waals surface area contributed by atoms with E-state index in [-0.39, 0.29) is 37.5 Å². The zero-order chi connectivity index (χ0) is 11.5. The number of alkyl halides is 1. The fourth-order valence-corrected chi connectivity index (χ4v) is 0.816. The maximum absolute atomic E-state index is 10.2. The van der Waals surface area contributed by atoms with Crippen LogP contribution in [0.5, 0.6) is 0 Å². The summed E-state index contributed by atoms with van der Waals surface area (Å²) in [7, 11) is 0. The summed E-state index contributed by atoms with van der Waals surface area (Å²) >= 11 is 5.09. The van der Waals surface area contributed by atoms with Crippen molar-refractivity contribution in [2.45, 2.75) is 0 Å². The van der Waals surface area contributed by atoms with E-state index in [9.17, 15) is 9.59 Å². The van der Waals surface area contributed by atoms with Gasteiger partial charge in [0.15, 0.2) is 0 Å². The molecule has 0 atom stereocenters. The molecule has 1 heterocycles. The van der Waals surface area contributed by atoms with E-state index in [1.807, 2.05) is 0 Å². The molecule has 0 aliphatic carbocycles. The number of ether oxygens (including phenoxy) is 1. The van der Waals surface area contributed by atoms with Crippen LogP contribution in [0.1, 0.15) is 0 Å². The van der Waals surface area contributed by atoms with Gasteiger partial charge in [-0.2, -0.15) is 0 Å². The Hall–Kier alpha value is -0.850. The summed E-state index contributed by atoms with van der Waals surface area (Å²) in [6.07, 6.45) is 0. The van der Waals surface area contributed by atoms with Crippen molar-refractivity contribution in [3.05, 3.63) is 0 Å². The first kappa shape index (κ1) is 14.2. The first-order valence-electron chi connectivity index (χ1n) is 4.48. The number of hydrogen-bond acceptors (Lipinski definition) is 4. The SMILES string of the molecule is O=C(CCl)NCCO.O=C1COCCN1. The third-order valence-corrected chi connectivity index (χ3v) is 1.60. The van der Waals surface area contributed by atoms with E-state index in [0.717, 1.165) is 0 Å². The summed E-state index contributed by atoms with van der Waals surface area (Å²) in [6.45, 7) is 1.80. The highest BCUT2D eigenvalue weighted by Crippen LogP contribution is 1.79. The number of carbonyl (C=O) groups is 2. The number of nitrogens with one attached hydrogen (secondary N) is 2. The van der Waals surface area contributed by atoms with E-state index in [4.69, 9.17) is 21.4 Å². The van der Waals surface area contributed by atoms with Gasteiger partial charge in [-0.1, -0.05) is 0 Å². The number of carbonyl (C=O) groups excluding carboxylic acids is 2. The third kappa shape index (κ3) is 9.45. The van der Waals surface area contributed by atoms with E-state index in [0.29, 0.717) is 13.2 Å². The fourth-order valence-electron chi connectivity index (χ4n) is 0.721. The Morgan fingerprint density at radius 2 is 2.40 bits per heavy atom. The number of aliphatic hydroxyl groups excluding tert-OH is 1. The molecule has 0 saturated carbocycles. The van der Waals surface area contributed by atoms with Gasteiger partial charge in [0.05, 0.1) is 13.2 Å². The summed E-state index contributed by atoms with van der Waals surface area (Å²) < 4.78 is 4.77. The van der Waals surface area contributed by atoms with Gasteiger partial charge < -0.3 is 20.5 Å². The first-order chi connectivity index (χ1) is 7.20. The first-order valence-corrected chi connectivity index (χ1v) is 5.02. The van der Waals surface area contributed by atoms with E-state index in [2.05, 4.69) is 10.6 Å². The minimum absolute atomic E-state index is 0.00810. The van der Waals surface area contributed by atoms with Crippen LogP contribution < -0.4 is 10.6 Å². The molecule has 1 aliphatic heterocycles. The number of hydrogen-bond donors (Lipinski definition) is 3. The number of amides is 2. The molecule has 1 saturated heterocycles. The van der Waals surface area contributed by atoms with Gasteiger partial charge in [0.2, 0.25) is 11.8 Å². The summed E-state index contributed by atoms with van der Waals surface area (Å²) in [4.78, 5) is 20.4. The number of morpholine rings is 1. The third-order valence-electron chi connectivity index (χ3n) is 1.36. The Kier molecular flexibility index (Phi) is 9.15. The number of halogens is 1. The Labute approximate surface area is 92.9 Å². The maximum Gasteiger partial charge on any atom is 0.246 e. The van der Waals surface area contributed by atoms with E-state index < -0.39 is 0 Å². The Morgan fingerprint density at radius 3 is 2.73 bits per heavy atom. The van der Waals surface area contributed by atoms with Gasteiger partial charge in [-0.15, -0.1) is 11.6 Å². The van der Waals surface area contributed by atoms with Crippen molar-refractivity contribution in [2.75, 3.05) is 38.8 Å². The average Bonchev–Trinajstić information content (AvgIpc) is 2.28. The molecule has 6 nitrogen and oxygen atoms in total. The summed E-state index contributed by atoms with van der Waals surface area (Å²) in [5.41, 5.74) is 0. The predicted octanol–water partition coefficient (Wildman–Crippen LogP) is -1.53. The summed E-state index contributed by atoms with van der Waals surface area (Å²) in [6, 6.07) is 0. The molecule has 1 rings (SSSR count). The lowest BCUT2D eigenvalue weighted by Gasteiger charge is -2.10. The Bertz CT molecular complexity index is 193. The van der Waals surface area contributed by atoms with Gasteiger partial charge in [0.25, 0.3) is 0 Å². The molecule has 0 aromatic rings. The largest absolute Gasteiger partial charge is 0.395 e. The van der Waals surface area contributed by atoms with Crippen molar-refractivity contribution in [2.24, 2.45) is 0 Å². The highest BCUT2D eigenvalue weighted by molar-refractivity contribution is 6.27. The summed E-state index contributed by atoms with van der Waals surface area (Å²) in [5, 5.41) is 13.1. The van der Waals surface area contributed by atoms with Gasteiger partial charge in [-0.3, -0.25) is 9.59 Å². The van der Waals surface area contributed by atoms with Crippen LogP contribution in [0.25, 0.3) is 0 Å². The molecule has 0 unspecified atom stereocenters. The van der Waals surface area contributed by atoms with E-state index >= 15 is 0 Å². The van der Waals surface area contributed by atoms with Crippen molar-refractivity contribution in [3.63, 3.8) is 0 Å². The molecule has 0 aromatic carbocycles. The van der Waals surface area contributed by atoms with Crippen LogP contribution in [0.2, 0.25) is 0 Å². The smallest absolute Gasteiger partial charge is 0.246 e. The molecule has 0 radical (unpaired) electrons. The highest BCUT2D eigenvalue weighted by Gasteiger charge is 2.04. The zero-order valence-corrected chi connectivity index (χ0v) is 9.05. The summed E-state index contributed by atoms with van der Waals surface area (Å²) in [5.74, 6) is -0.299. The van der Waals surface area contributed by atoms with Crippen LogP contribution in [-0.2, 0) is 14.3 Å². The lowest BCUT2D eigenvalue weighted by atomic mass is 10.5. The minimum Gasteiger partial charge on any atom is -0.395 e. The van der Waals surface area contributed by atoms with Crippen molar-refractivity contribution >= 4 is 23.4 Å². The van der Waals surface area contributed by atoms with E-state index in [1.54, 1.807) is 0 Å². The second-order valence-electron chi connectivity index (χ2n) is 2.61. The van der Waals surface area contributed by atoms with Crippen LogP contribution in [0.15, 0.2) is 0 Å². The van der Waals surface area contributed by atoms with Gasteiger partial charge in [0.1, 0.15) is 12.5 Å². The molecule has 0 spiro atoms. The lowest BCUT2D eigenvalue weighted by Crippen LogP contribution is -2.36. The molecule has 15 heavy (non-hydrogen) atoms. The predicted molar refractivity (Wildman–Crippen MR) is 54.6 cm³/mol. The molecule has 0 bridgehead atoms. The van der Waals surface area contributed by atoms with Crippen molar-refractivity contribution < 1.29 is 19.4 Å². The van der Waals surface area contributed by atoms with Crippen molar-refractivity contribution in [1.29, 1.82) is 0 Å². The second kappa shape index (κ2) is 9.70. The van der Waals surface area contributed by atoms with Gasteiger partial charge >= 0.3 is 0 Å². The maximum atomic E-state index is 10.2. The monoisotopic (exact) mass is 238 g/mol. The molecular formula is C8H15ClN2O4. The Balaban J connectivity index is 0.000000262. The van der Waals surface area contributed by atoms with Gasteiger partial charge in [0, 0.05) is 13.1 Å². The van der Waals surface area contributed by atoms with Crippen LogP contribution in [0.4, 0.5) is 0 Å². The molecular weight excluding hydrogens is 224 g/mol. The quantitative estimate of drug-likeness (QED) is 0.521. The fraction of sp³-hybridized carbons (Fsp3) is 0.750. The molecule has 1 fully saturated rings. The topological polar surface area (TPSA) is 87.7 Å².